The monoisotopic (exact) mass is 464 g/mol. The summed E-state index contributed by atoms with van der Waals surface area (Å²) in [6, 6.07) is 0.0492. The molecule has 0 rings (SSSR count). The van der Waals surface area contributed by atoms with Crippen LogP contribution < -0.4 is 16.0 Å². The lowest BCUT2D eigenvalue weighted by molar-refractivity contribution is -0.130. The Hall–Kier alpha value is -2.56. The van der Waals surface area contributed by atoms with E-state index in [0.717, 1.165) is 0 Å². The molecule has 33 heavy (non-hydrogen) atoms. The Labute approximate surface area is 199 Å². The van der Waals surface area contributed by atoms with Crippen molar-refractivity contribution >= 4 is 17.9 Å². The zero-order chi connectivity index (χ0) is 25.8. The van der Waals surface area contributed by atoms with E-state index in [0.29, 0.717) is 25.2 Å². The number of hydrogen-bond acceptors (Lipinski definition) is 5. The summed E-state index contributed by atoms with van der Waals surface area (Å²) in [4.78, 5) is 38.4. The van der Waals surface area contributed by atoms with Gasteiger partial charge in [-0.1, -0.05) is 47.6 Å². The first kappa shape index (κ1) is 30.4. The molecule has 0 aromatic rings. The van der Waals surface area contributed by atoms with Crippen molar-refractivity contribution < 1.29 is 19.1 Å². The first-order valence-electron chi connectivity index (χ1n) is 11.8. The summed E-state index contributed by atoms with van der Waals surface area (Å²) in [5.74, 6) is -0.138. The van der Waals surface area contributed by atoms with Gasteiger partial charge in [-0.3, -0.25) is 9.59 Å². The molecule has 0 aliphatic rings. The van der Waals surface area contributed by atoms with Gasteiger partial charge in [-0.25, -0.2) is 4.79 Å². The van der Waals surface area contributed by atoms with E-state index in [4.69, 9.17) is 10.00 Å². The van der Waals surface area contributed by atoms with Crippen LogP contribution in [-0.4, -0.2) is 41.6 Å². The van der Waals surface area contributed by atoms with Crippen molar-refractivity contribution in [2.24, 2.45) is 17.8 Å². The van der Waals surface area contributed by atoms with Gasteiger partial charge in [-0.15, -0.1) is 0 Å². The van der Waals surface area contributed by atoms with Crippen molar-refractivity contribution in [2.75, 3.05) is 0 Å². The van der Waals surface area contributed by atoms with Crippen LogP contribution in [0.4, 0.5) is 4.79 Å². The fraction of sp³-hybridized carbons (Fsp3) is 0.760. The summed E-state index contributed by atoms with van der Waals surface area (Å²) in [7, 11) is 0. The highest BCUT2D eigenvalue weighted by Crippen LogP contribution is 2.12. The van der Waals surface area contributed by atoms with Crippen LogP contribution in [0.3, 0.4) is 0 Å². The summed E-state index contributed by atoms with van der Waals surface area (Å²) in [6.45, 7) is 17.2. The number of carbonyl (C=O) groups excluding carboxylic acids is 3. The minimum atomic E-state index is -0.827. The first-order chi connectivity index (χ1) is 15.1. The summed E-state index contributed by atoms with van der Waals surface area (Å²) in [6.07, 6.45) is 3.86. The van der Waals surface area contributed by atoms with Gasteiger partial charge in [0.2, 0.25) is 11.8 Å². The molecule has 188 valence electrons. The normalized spacial score (nSPS) is 14.6. The molecule has 3 atom stereocenters. The van der Waals surface area contributed by atoms with Crippen LogP contribution in [-0.2, 0) is 14.3 Å². The Kier molecular flexibility index (Phi) is 13.4. The second-order valence-corrected chi connectivity index (χ2v) is 10.8. The molecule has 0 aliphatic heterocycles. The van der Waals surface area contributed by atoms with Crippen LogP contribution in [0.1, 0.15) is 81.6 Å². The van der Waals surface area contributed by atoms with E-state index < -0.39 is 29.7 Å². The van der Waals surface area contributed by atoms with Crippen LogP contribution in [0, 0.1) is 29.1 Å². The van der Waals surface area contributed by atoms with Crippen LogP contribution >= 0.6 is 0 Å². The number of hydrogen-bond donors (Lipinski definition) is 3. The third kappa shape index (κ3) is 15.0. The summed E-state index contributed by atoms with van der Waals surface area (Å²) < 4.78 is 5.30. The van der Waals surface area contributed by atoms with Gasteiger partial charge in [0.1, 0.15) is 17.7 Å². The van der Waals surface area contributed by atoms with E-state index in [1.54, 1.807) is 26.8 Å². The Balaban J connectivity index is 5.52. The second kappa shape index (κ2) is 14.6. The lowest BCUT2D eigenvalue weighted by atomic mass is 9.99. The zero-order valence-corrected chi connectivity index (χ0v) is 21.8. The molecular formula is C25H44N4O4. The van der Waals surface area contributed by atoms with E-state index in [9.17, 15) is 14.4 Å². The van der Waals surface area contributed by atoms with E-state index in [2.05, 4.69) is 16.0 Å². The van der Waals surface area contributed by atoms with Crippen molar-refractivity contribution in [3.63, 3.8) is 0 Å². The molecule has 0 aromatic heterocycles. The average molecular weight is 465 g/mol. The number of allylic oxidation sites excluding steroid dienone is 1. The van der Waals surface area contributed by atoms with Gasteiger partial charge in [0.15, 0.2) is 0 Å². The quantitative estimate of drug-likeness (QED) is 0.376. The minimum Gasteiger partial charge on any atom is -0.444 e. The van der Waals surface area contributed by atoms with Gasteiger partial charge in [-0.2, -0.15) is 5.26 Å². The maximum absolute atomic E-state index is 13.1. The largest absolute Gasteiger partial charge is 0.444 e. The highest BCUT2D eigenvalue weighted by Gasteiger charge is 2.30. The molecule has 3 N–H and O–H groups in total. The average Bonchev–Trinajstić information content (AvgIpc) is 2.62. The summed E-state index contributed by atoms with van der Waals surface area (Å²) >= 11 is 0. The number of rotatable bonds is 12. The van der Waals surface area contributed by atoms with E-state index >= 15 is 0 Å². The van der Waals surface area contributed by atoms with Gasteiger partial charge in [-0.05, 0) is 57.8 Å². The third-order valence-electron chi connectivity index (χ3n) is 4.51. The molecule has 0 bridgehead atoms. The molecule has 0 spiro atoms. The molecule has 0 heterocycles. The van der Waals surface area contributed by atoms with Crippen LogP contribution in [0.25, 0.3) is 0 Å². The molecule has 0 saturated carbocycles. The van der Waals surface area contributed by atoms with Gasteiger partial charge in [0.05, 0.1) is 6.07 Å². The Bertz CT molecular complexity index is 702. The Morgan fingerprint density at radius 1 is 0.818 bits per heavy atom. The highest BCUT2D eigenvalue weighted by atomic mass is 16.6. The third-order valence-corrected chi connectivity index (χ3v) is 4.51. The standard InChI is InChI=1S/C25H44N4O4/c1-16(2)13-19(11-10-12-26)27-22(30)20(14-17(3)4)28-23(31)21(15-18(5)6)29-24(32)33-25(7,8)9/h10-11,16-21H,13-15H2,1-9H3,(H,27,30)(H,28,31)(H,29,32)/b11-10+/t19-,20+,21+/m1/s1. The SMILES string of the molecule is CC(C)C[C@@H](/C=C/C#N)NC(=O)[C@H](CC(C)C)NC(=O)[C@H](CC(C)C)NC(=O)OC(C)(C)C. The fourth-order valence-electron chi connectivity index (χ4n) is 3.26. The second-order valence-electron chi connectivity index (χ2n) is 10.8. The van der Waals surface area contributed by atoms with Crippen molar-refractivity contribution in [1.82, 2.24) is 16.0 Å². The van der Waals surface area contributed by atoms with Crippen molar-refractivity contribution in [3.8, 4) is 6.07 Å². The molecule has 8 heteroatoms. The maximum Gasteiger partial charge on any atom is 0.408 e. The van der Waals surface area contributed by atoms with Gasteiger partial charge in [0, 0.05) is 12.1 Å². The molecule has 0 aromatic carbocycles. The molecule has 0 unspecified atom stereocenters. The Morgan fingerprint density at radius 3 is 1.70 bits per heavy atom. The molecule has 0 aliphatic carbocycles. The lowest BCUT2D eigenvalue weighted by Crippen LogP contribution is -2.55. The number of ether oxygens (including phenoxy) is 1. The van der Waals surface area contributed by atoms with E-state index in [1.807, 2.05) is 47.6 Å². The molecular weight excluding hydrogens is 420 g/mol. The maximum atomic E-state index is 13.1. The van der Waals surface area contributed by atoms with Crippen LogP contribution in [0.15, 0.2) is 12.2 Å². The van der Waals surface area contributed by atoms with Gasteiger partial charge < -0.3 is 20.7 Å². The van der Waals surface area contributed by atoms with Crippen LogP contribution in [0.5, 0.6) is 0 Å². The molecule has 0 radical (unpaired) electrons. The summed E-state index contributed by atoms with van der Waals surface area (Å²) in [5, 5.41) is 17.3. The van der Waals surface area contributed by atoms with E-state index in [-0.39, 0.29) is 23.8 Å². The topological polar surface area (TPSA) is 120 Å². The number of carbonyl (C=O) groups is 3. The first-order valence-corrected chi connectivity index (χ1v) is 11.8. The lowest BCUT2D eigenvalue weighted by Gasteiger charge is -2.27. The molecule has 0 fully saturated rings. The minimum absolute atomic E-state index is 0.139. The number of nitrogens with one attached hydrogen (secondary N) is 3. The van der Waals surface area contributed by atoms with Crippen molar-refractivity contribution in [1.29, 1.82) is 5.26 Å². The Morgan fingerprint density at radius 2 is 1.27 bits per heavy atom. The highest BCUT2D eigenvalue weighted by molar-refractivity contribution is 5.91. The summed E-state index contributed by atoms with van der Waals surface area (Å²) in [5.41, 5.74) is -0.689. The molecule has 0 saturated heterocycles. The molecule has 3 amide bonds. The number of nitriles is 1. The smallest absolute Gasteiger partial charge is 0.408 e. The molecule has 8 nitrogen and oxygen atoms in total. The predicted molar refractivity (Wildman–Crippen MR) is 130 cm³/mol. The van der Waals surface area contributed by atoms with Gasteiger partial charge in [0.25, 0.3) is 0 Å². The zero-order valence-electron chi connectivity index (χ0n) is 21.8. The number of nitrogens with zero attached hydrogens (tertiary/aromatic N) is 1. The predicted octanol–water partition coefficient (Wildman–Crippen LogP) is 4.07. The van der Waals surface area contributed by atoms with Crippen molar-refractivity contribution in [3.05, 3.63) is 12.2 Å². The number of amides is 3. The van der Waals surface area contributed by atoms with Crippen molar-refractivity contribution in [2.45, 2.75) is 105 Å². The van der Waals surface area contributed by atoms with Gasteiger partial charge >= 0.3 is 6.09 Å². The fourth-order valence-corrected chi connectivity index (χ4v) is 3.26. The number of alkyl carbamates (subject to hydrolysis) is 1. The van der Waals surface area contributed by atoms with Crippen LogP contribution in [0.2, 0.25) is 0 Å². The van der Waals surface area contributed by atoms with E-state index in [1.165, 1.54) is 6.08 Å².